The van der Waals surface area contributed by atoms with Crippen LogP contribution in [-0.2, 0) is 20.7 Å². The van der Waals surface area contributed by atoms with Crippen LogP contribution in [0.25, 0.3) is 0 Å². The second-order valence-electron chi connectivity index (χ2n) is 5.06. The Kier molecular flexibility index (Phi) is 5.76. The lowest BCUT2D eigenvalue weighted by molar-refractivity contribution is -0.147. The van der Waals surface area contributed by atoms with Crippen molar-refractivity contribution in [3.63, 3.8) is 0 Å². The molecule has 0 aliphatic carbocycles. The molecule has 0 bridgehead atoms. The number of carbonyl (C=O) groups is 2. The number of benzene rings is 1. The maximum atomic E-state index is 12.2. The Hall–Kier alpha value is -1.40. The Morgan fingerprint density at radius 2 is 2.24 bits per heavy atom. The molecule has 5 nitrogen and oxygen atoms in total. The maximum absolute atomic E-state index is 12.2. The minimum atomic E-state index is -0.900. The van der Waals surface area contributed by atoms with Gasteiger partial charge in [0.2, 0.25) is 5.91 Å². The number of amides is 1. The lowest BCUT2D eigenvalue weighted by atomic mass is 10.1. The van der Waals surface area contributed by atoms with Crippen LogP contribution in [0.5, 0.6) is 0 Å². The van der Waals surface area contributed by atoms with Crippen LogP contribution < -0.4 is 0 Å². The molecule has 1 heterocycles. The van der Waals surface area contributed by atoms with E-state index in [4.69, 9.17) is 9.84 Å². The monoisotopic (exact) mass is 355 g/mol. The predicted octanol–water partition coefficient (Wildman–Crippen LogP) is 2.08. The number of morpholine rings is 1. The standard InChI is InChI=1S/C15H18BrNO4/c16-12-3-1-2-11(8-12)4-5-14(18)17-6-7-21-13(10-17)9-15(19)20/h1-3,8,13H,4-7,9-10H2,(H,19,20)/t13-/m1/s1. The number of hydrogen-bond donors (Lipinski definition) is 1. The van der Waals surface area contributed by atoms with Crippen molar-refractivity contribution < 1.29 is 19.4 Å². The van der Waals surface area contributed by atoms with E-state index >= 15 is 0 Å². The summed E-state index contributed by atoms with van der Waals surface area (Å²) in [5, 5.41) is 8.78. The topological polar surface area (TPSA) is 66.8 Å². The number of hydrogen-bond acceptors (Lipinski definition) is 3. The molecular weight excluding hydrogens is 338 g/mol. The first-order chi connectivity index (χ1) is 10.0. The molecule has 1 amide bonds. The van der Waals surface area contributed by atoms with Gasteiger partial charge < -0.3 is 14.7 Å². The van der Waals surface area contributed by atoms with Gasteiger partial charge in [-0.2, -0.15) is 0 Å². The zero-order chi connectivity index (χ0) is 15.2. The molecule has 21 heavy (non-hydrogen) atoms. The minimum Gasteiger partial charge on any atom is -0.481 e. The molecule has 1 saturated heterocycles. The van der Waals surface area contributed by atoms with Crippen LogP contribution in [0.4, 0.5) is 0 Å². The highest BCUT2D eigenvalue weighted by molar-refractivity contribution is 9.10. The maximum Gasteiger partial charge on any atom is 0.306 e. The van der Waals surface area contributed by atoms with Crippen molar-refractivity contribution in [3.05, 3.63) is 34.3 Å². The fourth-order valence-corrected chi connectivity index (χ4v) is 2.81. The van der Waals surface area contributed by atoms with Crippen LogP contribution in [-0.4, -0.2) is 47.7 Å². The summed E-state index contributed by atoms with van der Waals surface area (Å²) in [5.74, 6) is -0.850. The number of carboxylic acid groups (broad SMARTS) is 1. The molecule has 1 aromatic rings. The highest BCUT2D eigenvalue weighted by Crippen LogP contribution is 2.15. The molecule has 6 heteroatoms. The summed E-state index contributed by atoms with van der Waals surface area (Å²) in [6.45, 7) is 1.30. The van der Waals surface area contributed by atoms with Crippen LogP contribution in [0, 0.1) is 0 Å². The van der Waals surface area contributed by atoms with Crippen molar-refractivity contribution in [1.82, 2.24) is 4.90 Å². The summed E-state index contributed by atoms with van der Waals surface area (Å²) in [6, 6.07) is 7.88. The van der Waals surface area contributed by atoms with Gasteiger partial charge in [0.25, 0.3) is 0 Å². The summed E-state index contributed by atoms with van der Waals surface area (Å²) in [5.41, 5.74) is 1.10. The van der Waals surface area contributed by atoms with Crippen LogP contribution in [0.2, 0.25) is 0 Å². The number of ether oxygens (including phenoxy) is 1. The third-order valence-electron chi connectivity index (χ3n) is 3.41. The lowest BCUT2D eigenvalue weighted by Crippen LogP contribution is -2.46. The van der Waals surface area contributed by atoms with Crippen LogP contribution >= 0.6 is 15.9 Å². The normalized spacial score (nSPS) is 18.5. The first-order valence-corrected chi connectivity index (χ1v) is 7.69. The van der Waals surface area contributed by atoms with Gasteiger partial charge in [-0.05, 0) is 24.1 Å². The molecule has 0 unspecified atom stereocenters. The zero-order valence-corrected chi connectivity index (χ0v) is 13.2. The molecule has 0 aromatic heterocycles. The molecule has 1 aliphatic rings. The van der Waals surface area contributed by atoms with Gasteiger partial charge in [-0.3, -0.25) is 9.59 Å². The summed E-state index contributed by atoms with van der Waals surface area (Å²) in [6.07, 6.45) is 0.649. The number of nitrogens with zero attached hydrogens (tertiary/aromatic N) is 1. The average molecular weight is 356 g/mol. The van der Waals surface area contributed by atoms with Crippen molar-refractivity contribution in [2.45, 2.75) is 25.4 Å². The average Bonchev–Trinajstić information content (AvgIpc) is 2.44. The van der Waals surface area contributed by atoms with Crippen molar-refractivity contribution in [3.8, 4) is 0 Å². The Morgan fingerprint density at radius 3 is 2.95 bits per heavy atom. The quantitative estimate of drug-likeness (QED) is 0.877. The van der Waals surface area contributed by atoms with Gasteiger partial charge in [0.05, 0.1) is 19.1 Å². The van der Waals surface area contributed by atoms with Crippen LogP contribution in [0.1, 0.15) is 18.4 Å². The molecular formula is C15H18BrNO4. The predicted molar refractivity (Wildman–Crippen MR) is 81.0 cm³/mol. The third kappa shape index (κ3) is 5.13. The molecule has 2 rings (SSSR count). The Labute approximate surface area is 132 Å². The van der Waals surface area contributed by atoms with Gasteiger partial charge in [-0.1, -0.05) is 28.1 Å². The van der Waals surface area contributed by atoms with E-state index in [1.807, 2.05) is 24.3 Å². The molecule has 114 valence electrons. The molecule has 1 N–H and O–H groups in total. The van der Waals surface area contributed by atoms with E-state index in [2.05, 4.69) is 15.9 Å². The van der Waals surface area contributed by atoms with E-state index in [0.29, 0.717) is 32.5 Å². The Morgan fingerprint density at radius 1 is 1.43 bits per heavy atom. The van der Waals surface area contributed by atoms with E-state index in [0.717, 1.165) is 10.0 Å². The number of aliphatic carboxylic acids is 1. The van der Waals surface area contributed by atoms with Gasteiger partial charge in [0.15, 0.2) is 0 Å². The van der Waals surface area contributed by atoms with Gasteiger partial charge in [-0.25, -0.2) is 0 Å². The Bertz CT molecular complexity index is 520. The van der Waals surface area contributed by atoms with E-state index in [-0.39, 0.29) is 12.3 Å². The zero-order valence-electron chi connectivity index (χ0n) is 11.6. The second kappa shape index (κ2) is 7.56. The summed E-state index contributed by atoms with van der Waals surface area (Å²) >= 11 is 3.41. The van der Waals surface area contributed by atoms with Crippen LogP contribution in [0.3, 0.4) is 0 Å². The second-order valence-corrected chi connectivity index (χ2v) is 5.98. The van der Waals surface area contributed by atoms with Crippen molar-refractivity contribution in [1.29, 1.82) is 0 Å². The number of rotatable bonds is 5. The first kappa shape index (κ1) is 16.0. The molecule has 0 spiro atoms. The first-order valence-electron chi connectivity index (χ1n) is 6.90. The molecule has 1 aliphatic heterocycles. The fraction of sp³-hybridized carbons (Fsp3) is 0.467. The molecule has 1 aromatic carbocycles. The number of aryl methyl sites for hydroxylation is 1. The fourth-order valence-electron chi connectivity index (χ4n) is 2.37. The van der Waals surface area contributed by atoms with Crippen LogP contribution in [0.15, 0.2) is 28.7 Å². The lowest BCUT2D eigenvalue weighted by Gasteiger charge is -2.32. The molecule has 0 saturated carbocycles. The van der Waals surface area contributed by atoms with E-state index in [1.165, 1.54) is 0 Å². The van der Waals surface area contributed by atoms with Gasteiger partial charge in [0, 0.05) is 24.0 Å². The minimum absolute atomic E-state index is 0.0497. The summed E-state index contributed by atoms with van der Waals surface area (Å²) in [7, 11) is 0. The van der Waals surface area contributed by atoms with Crippen molar-refractivity contribution in [2.75, 3.05) is 19.7 Å². The number of halogens is 1. The van der Waals surface area contributed by atoms with Crippen molar-refractivity contribution in [2.24, 2.45) is 0 Å². The smallest absolute Gasteiger partial charge is 0.306 e. The SMILES string of the molecule is O=C(O)C[C@@H]1CN(C(=O)CCc2cccc(Br)c2)CCO1. The van der Waals surface area contributed by atoms with Gasteiger partial charge in [0.1, 0.15) is 0 Å². The highest BCUT2D eigenvalue weighted by atomic mass is 79.9. The summed E-state index contributed by atoms with van der Waals surface area (Å²) in [4.78, 5) is 24.6. The van der Waals surface area contributed by atoms with E-state index in [9.17, 15) is 9.59 Å². The third-order valence-corrected chi connectivity index (χ3v) is 3.90. The highest BCUT2D eigenvalue weighted by Gasteiger charge is 2.25. The summed E-state index contributed by atoms with van der Waals surface area (Å²) < 4.78 is 6.37. The van der Waals surface area contributed by atoms with E-state index in [1.54, 1.807) is 4.90 Å². The number of carbonyl (C=O) groups excluding carboxylic acids is 1. The Balaban J connectivity index is 1.83. The molecule has 1 fully saturated rings. The van der Waals surface area contributed by atoms with Gasteiger partial charge in [-0.15, -0.1) is 0 Å². The van der Waals surface area contributed by atoms with E-state index < -0.39 is 12.1 Å². The van der Waals surface area contributed by atoms with Crippen molar-refractivity contribution >= 4 is 27.8 Å². The largest absolute Gasteiger partial charge is 0.481 e. The molecule has 1 atom stereocenters. The van der Waals surface area contributed by atoms with Gasteiger partial charge >= 0.3 is 5.97 Å². The number of carboxylic acids is 1. The molecule has 0 radical (unpaired) electrons.